The Balaban J connectivity index is 1.91. The predicted octanol–water partition coefficient (Wildman–Crippen LogP) is 2.00. The molecule has 0 fully saturated rings. The highest BCUT2D eigenvalue weighted by molar-refractivity contribution is 5.96. The average molecular weight is 338 g/mol. The summed E-state index contributed by atoms with van der Waals surface area (Å²) in [6, 6.07) is 14.5. The van der Waals surface area contributed by atoms with Gasteiger partial charge in [0, 0.05) is 12.6 Å². The van der Waals surface area contributed by atoms with Gasteiger partial charge in [0.25, 0.3) is 5.91 Å². The second kappa shape index (κ2) is 7.48. The Hall–Kier alpha value is -3.35. The van der Waals surface area contributed by atoms with Crippen LogP contribution in [0.5, 0.6) is 0 Å². The van der Waals surface area contributed by atoms with Gasteiger partial charge >= 0.3 is 0 Å². The van der Waals surface area contributed by atoms with Crippen molar-refractivity contribution in [3.8, 4) is 17.1 Å². The Bertz CT molecular complexity index is 854. The molecule has 3 aromatic rings. The summed E-state index contributed by atoms with van der Waals surface area (Å²) in [4.78, 5) is 24.1. The summed E-state index contributed by atoms with van der Waals surface area (Å²) in [6.07, 6.45) is 1.55. The zero-order valence-electron chi connectivity index (χ0n) is 13.7. The Morgan fingerprint density at radius 2 is 1.92 bits per heavy atom. The van der Waals surface area contributed by atoms with E-state index in [1.807, 2.05) is 37.3 Å². The molecule has 0 bridgehead atoms. The molecule has 0 atom stereocenters. The Kier molecular flexibility index (Phi) is 4.94. The molecule has 0 aliphatic rings. The molecule has 7 nitrogen and oxygen atoms in total. The van der Waals surface area contributed by atoms with Crippen molar-refractivity contribution in [3.63, 3.8) is 0 Å². The molecule has 1 aromatic carbocycles. The number of furan rings is 1. The fraction of sp³-hybridized carbons (Fsp3) is 0.167. The lowest BCUT2D eigenvalue weighted by atomic mass is 10.2. The quantitative estimate of drug-likeness (QED) is 0.719. The van der Waals surface area contributed by atoms with Gasteiger partial charge in [-0.1, -0.05) is 18.2 Å². The van der Waals surface area contributed by atoms with Gasteiger partial charge in [0.05, 0.1) is 18.5 Å². The summed E-state index contributed by atoms with van der Waals surface area (Å²) in [5, 5.41) is 9.71. The number of benzene rings is 1. The average Bonchev–Trinajstić information content (AvgIpc) is 3.30. The lowest BCUT2D eigenvalue weighted by Gasteiger charge is -2.08. The predicted molar refractivity (Wildman–Crippen MR) is 92.3 cm³/mol. The molecule has 2 amide bonds. The number of amides is 2. The molecular weight excluding hydrogens is 320 g/mol. The summed E-state index contributed by atoms with van der Waals surface area (Å²) >= 11 is 0. The number of nitrogens with zero attached hydrogens (tertiary/aromatic N) is 2. The maximum atomic E-state index is 12.5. The van der Waals surface area contributed by atoms with E-state index in [0.717, 1.165) is 5.69 Å². The zero-order valence-corrected chi connectivity index (χ0v) is 13.7. The summed E-state index contributed by atoms with van der Waals surface area (Å²) in [5.74, 6) is -0.0687. The number of carbonyl (C=O) groups is 2. The van der Waals surface area contributed by atoms with Crippen molar-refractivity contribution in [2.45, 2.75) is 6.92 Å². The minimum Gasteiger partial charge on any atom is -0.463 e. The van der Waals surface area contributed by atoms with E-state index in [2.05, 4.69) is 15.7 Å². The van der Waals surface area contributed by atoms with Crippen LogP contribution in [0.4, 0.5) is 0 Å². The minimum absolute atomic E-state index is 0.0945. The first-order valence-electron chi connectivity index (χ1n) is 7.93. The first-order chi connectivity index (χ1) is 12.2. The molecule has 7 heteroatoms. The van der Waals surface area contributed by atoms with Crippen molar-refractivity contribution in [1.29, 1.82) is 0 Å². The maximum absolute atomic E-state index is 12.5. The van der Waals surface area contributed by atoms with Crippen molar-refractivity contribution in [2.75, 3.05) is 13.1 Å². The van der Waals surface area contributed by atoms with Gasteiger partial charge in [0.2, 0.25) is 5.91 Å². The van der Waals surface area contributed by atoms with Gasteiger partial charge in [-0.2, -0.15) is 5.10 Å². The van der Waals surface area contributed by atoms with E-state index >= 15 is 0 Å². The van der Waals surface area contributed by atoms with Crippen LogP contribution in [-0.2, 0) is 4.79 Å². The van der Waals surface area contributed by atoms with Gasteiger partial charge in [-0.25, -0.2) is 4.68 Å². The summed E-state index contributed by atoms with van der Waals surface area (Å²) in [6.45, 7) is 2.24. The third-order valence-corrected chi connectivity index (χ3v) is 3.50. The standard InChI is InChI=1S/C18H18N4O3/c1-2-19-17(23)12-20-18(24)15-11-14(16-9-6-10-25-16)21-22(15)13-7-4-3-5-8-13/h3-11H,2,12H2,1H3,(H,19,23)(H,20,24). The molecule has 0 radical (unpaired) electrons. The van der Waals surface area contributed by atoms with E-state index in [9.17, 15) is 9.59 Å². The number of nitrogens with one attached hydrogen (secondary N) is 2. The zero-order chi connectivity index (χ0) is 17.6. The molecule has 0 unspecified atom stereocenters. The number of rotatable bonds is 6. The molecule has 25 heavy (non-hydrogen) atoms. The first-order valence-corrected chi connectivity index (χ1v) is 7.93. The molecule has 0 saturated carbocycles. The summed E-state index contributed by atoms with van der Waals surface area (Å²) in [7, 11) is 0. The summed E-state index contributed by atoms with van der Waals surface area (Å²) in [5.41, 5.74) is 1.60. The maximum Gasteiger partial charge on any atom is 0.270 e. The van der Waals surface area contributed by atoms with Crippen LogP contribution in [0.1, 0.15) is 17.4 Å². The number of hydrogen-bond donors (Lipinski definition) is 2. The highest BCUT2D eigenvalue weighted by atomic mass is 16.3. The second-order valence-corrected chi connectivity index (χ2v) is 5.28. The Morgan fingerprint density at radius 3 is 2.60 bits per heavy atom. The van der Waals surface area contributed by atoms with Crippen molar-refractivity contribution < 1.29 is 14.0 Å². The van der Waals surface area contributed by atoms with Crippen LogP contribution >= 0.6 is 0 Å². The van der Waals surface area contributed by atoms with Gasteiger partial charge in [0.1, 0.15) is 11.4 Å². The molecule has 2 aromatic heterocycles. The van der Waals surface area contributed by atoms with Crippen LogP contribution in [0, 0.1) is 0 Å². The lowest BCUT2D eigenvalue weighted by Crippen LogP contribution is -2.37. The van der Waals surface area contributed by atoms with Crippen molar-refractivity contribution >= 4 is 11.8 Å². The van der Waals surface area contributed by atoms with Crippen molar-refractivity contribution in [3.05, 3.63) is 60.5 Å². The molecule has 0 aliphatic heterocycles. The van der Waals surface area contributed by atoms with Gasteiger partial charge in [0.15, 0.2) is 5.76 Å². The van der Waals surface area contributed by atoms with E-state index in [1.165, 1.54) is 4.68 Å². The van der Waals surface area contributed by atoms with Crippen molar-refractivity contribution in [2.24, 2.45) is 0 Å². The number of hydrogen-bond acceptors (Lipinski definition) is 4. The van der Waals surface area contributed by atoms with Gasteiger partial charge in [-0.05, 0) is 31.2 Å². The molecule has 0 saturated heterocycles. The molecule has 0 aliphatic carbocycles. The van der Waals surface area contributed by atoms with E-state index < -0.39 is 0 Å². The fourth-order valence-corrected chi connectivity index (χ4v) is 2.36. The molecular formula is C18H18N4O3. The second-order valence-electron chi connectivity index (χ2n) is 5.28. The fourth-order valence-electron chi connectivity index (χ4n) is 2.36. The van der Waals surface area contributed by atoms with Crippen molar-refractivity contribution in [1.82, 2.24) is 20.4 Å². The highest BCUT2D eigenvalue weighted by Crippen LogP contribution is 2.22. The monoisotopic (exact) mass is 338 g/mol. The van der Waals surface area contributed by atoms with Crippen LogP contribution in [0.3, 0.4) is 0 Å². The van der Waals surface area contributed by atoms with E-state index in [0.29, 0.717) is 23.7 Å². The summed E-state index contributed by atoms with van der Waals surface area (Å²) < 4.78 is 6.89. The number of likely N-dealkylation sites (N-methyl/N-ethyl adjacent to an activating group) is 1. The van der Waals surface area contributed by atoms with E-state index in [-0.39, 0.29) is 18.4 Å². The largest absolute Gasteiger partial charge is 0.463 e. The number of para-hydroxylation sites is 1. The van der Waals surface area contributed by atoms with E-state index in [1.54, 1.807) is 24.5 Å². The van der Waals surface area contributed by atoms with Crippen LogP contribution in [0.15, 0.2) is 59.2 Å². The van der Waals surface area contributed by atoms with Crippen LogP contribution in [0.25, 0.3) is 17.1 Å². The van der Waals surface area contributed by atoms with Crippen LogP contribution in [0.2, 0.25) is 0 Å². The third-order valence-electron chi connectivity index (χ3n) is 3.50. The Labute approximate surface area is 144 Å². The number of carbonyl (C=O) groups excluding carboxylic acids is 2. The minimum atomic E-state index is -0.389. The van der Waals surface area contributed by atoms with Gasteiger partial charge in [-0.15, -0.1) is 0 Å². The van der Waals surface area contributed by atoms with Gasteiger partial charge < -0.3 is 15.1 Å². The molecule has 128 valence electrons. The SMILES string of the molecule is CCNC(=O)CNC(=O)c1cc(-c2ccco2)nn1-c1ccccc1. The Morgan fingerprint density at radius 1 is 1.12 bits per heavy atom. The highest BCUT2D eigenvalue weighted by Gasteiger charge is 2.19. The third kappa shape index (κ3) is 3.77. The topological polar surface area (TPSA) is 89.2 Å². The number of aromatic nitrogens is 2. The van der Waals surface area contributed by atoms with E-state index in [4.69, 9.17) is 4.42 Å². The first kappa shape index (κ1) is 16.5. The smallest absolute Gasteiger partial charge is 0.270 e. The van der Waals surface area contributed by atoms with Crippen LogP contribution < -0.4 is 10.6 Å². The van der Waals surface area contributed by atoms with Crippen LogP contribution in [-0.4, -0.2) is 34.7 Å². The molecule has 2 N–H and O–H groups in total. The molecule has 3 rings (SSSR count). The molecule has 2 heterocycles. The lowest BCUT2D eigenvalue weighted by molar-refractivity contribution is -0.120. The van der Waals surface area contributed by atoms with Gasteiger partial charge in [-0.3, -0.25) is 9.59 Å². The normalized spacial score (nSPS) is 10.4. The molecule has 0 spiro atoms.